The van der Waals surface area contributed by atoms with Crippen molar-refractivity contribution in [1.29, 1.82) is 0 Å². The molecule has 1 amide bonds. The summed E-state index contributed by atoms with van der Waals surface area (Å²) in [4.78, 5) is 10.4. The van der Waals surface area contributed by atoms with Crippen LogP contribution in [0.15, 0.2) is 12.2 Å². The van der Waals surface area contributed by atoms with E-state index in [-0.39, 0.29) is 5.91 Å². The molecular formula is C9H17NO. The summed E-state index contributed by atoms with van der Waals surface area (Å²) >= 11 is 0. The molecule has 0 radical (unpaired) electrons. The number of amides is 1. The molecule has 2 N–H and O–H groups in total. The molecule has 1 unspecified atom stereocenters. The van der Waals surface area contributed by atoms with Crippen LogP contribution in [0.1, 0.15) is 33.1 Å². The van der Waals surface area contributed by atoms with Crippen LogP contribution in [0, 0.1) is 5.92 Å². The van der Waals surface area contributed by atoms with Gasteiger partial charge in [0, 0.05) is 6.42 Å². The molecule has 0 aliphatic rings. The fraction of sp³-hybridized carbons (Fsp3) is 0.667. The van der Waals surface area contributed by atoms with Crippen LogP contribution in [0.2, 0.25) is 0 Å². The standard InChI is InChI=1S/C9H17NO/c1-3-4-5-8(2)6-7-9(10)11/h3-4,8H,5-7H2,1-2H3,(H2,10,11). The molecule has 2 nitrogen and oxygen atoms in total. The second-order valence-electron chi connectivity index (χ2n) is 2.91. The molecule has 0 bridgehead atoms. The van der Waals surface area contributed by atoms with Crippen molar-refractivity contribution < 1.29 is 4.79 Å². The summed E-state index contributed by atoms with van der Waals surface area (Å²) in [5, 5.41) is 0. The maximum Gasteiger partial charge on any atom is 0.217 e. The second kappa shape index (κ2) is 5.96. The molecule has 11 heavy (non-hydrogen) atoms. The van der Waals surface area contributed by atoms with Gasteiger partial charge in [-0.05, 0) is 25.7 Å². The van der Waals surface area contributed by atoms with Gasteiger partial charge in [-0.2, -0.15) is 0 Å². The molecule has 0 saturated carbocycles. The molecule has 0 spiro atoms. The molecule has 0 aromatic heterocycles. The van der Waals surface area contributed by atoms with Gasteiger partial charge in [0.05, 0.1) is 0 Å². The Morgan fingerprint density at radius 1 is 1.64 bits per heavy atom. The smallest absolute Gasteiger partial charge is 0.217 e. The van der Waals surface area contributed by atoms with Gasteiger partial charge in [0.1, 0.15) is 0 Å². The highest BCUT2D eigenvalue weighted by Crippen LogP contribution is 2.09. The molecule has 0 rings (SSSR count). The highest BCUT2D eigenvalue weighted by Gasteiger charge is 2.01. The number of allylic oxidation sites excluding steroid dienone is 2. The van der Waals surface area contributed by atoms with E-state index >= 15 is 0 Å². The fourth-order valence-corrected chi connectivity index (χ4v) is 0.875. The first kappa shape index (κ1) is 10.2. The molecule has 0 fully saturated rings. The first-order chi connectivity index (χ1) is 5.16. The zero-order valence-electron chi connectivity index (χ0n) is 7.34. The Hall–Kier alpha value is -0.790. The van der Waals surface area contributed by atoms with Gasteiger partial charge in [-0.3, -0.25) is 4.79 Å². The third kappa shape index (κ3) is 7.10. The minimum Gasteiger partial charge on any atom is -0.370 e. The molecule has 0 aliphatic carbocycles. The van der Waals surface area contributed by atoms with E-state index in [9.17, 15) is 4.79 Å². The monoisotopic (exact) mass is 155 g/mol. The van der Waals surface area contributed by atoms with Gasteiger partial charge in [0.15, 0.2) is 0 Å². The number of hydrogen-bond acceptors (Lipinski definition) is 1. The predicted octanol–water partition coefficient (Wildman–Crippen LogP) is 1.85. The van der Waals surface area contributed by atoms with Crippen LogP contribution >= 0.6 is 0 Å². The molecule has 0 aromatic carbocycles. The maximum atomic E-state index is 10.4. The van der Waals surface area contributed by atoms with E-state index in [1.54, 1.807) is 0 Å². The van der Waals surface area contributed by atoms with E-state index in [1.807, 2.05) is 13.0 Å². The molecular weight excluding hydrogens is 138 g/mol. The van der Waals surface area contributed by atoms with Gasteiger partial charge >= 0.3 is 0 Å². The third-order valence-electron chi connectivity index (χ3n) is 1.66. The van der Waals surface area contributed by atoms with Crippen LogP contribution in [0.4, 0.5) is 0 Å². The van der Waals surface area contributed by atoms with Crippen LogP contribution in [-0.4, -0.2) is 5.91 Å². The lowest BCUT2D eigenvalue weighted by Gasteiger charge is -2.05. The normalized spacial score (nSPS) is 13.6. The quantitative estimate of drug-likeness (QED) is 0.605. The number of nitrogens with two attached hydrogens (primary N) is 1. The van der Waals surface area contributed by atoms with E-state index in [1.165, 1.54) is 0 Å². The van der Waals surface area contributed by atoms with Crippen molar-refractivity contribution in [1.82, 2.24) is 0 Å². The van der Waals surface area contributed by atoms with Crippen LogP contribution in [-0.2, 0) is 4.79 Å². The number of primary amides is 1. The lowest BCUT2D eigenvalue weighted by molar-refractivity contribution is -0.118. The average Bonchev–Trinajstić information content (AvgIpc) is 1.97. The Bertz CT molecular complexity index is 140. The number of carbonyl (C=O) groups is 1. The molecule has 0 saturated heterocycles. The van der Waals surface area contributed by atoms with Crippen LogP contribution < -0.4 is 5.73 Å². The van der Waals surface area contributed by atoms with Crippen molar-refractivity contribution >= 4 is 5.91 Å². The highest BCUT2D eigenvalue weighted by atomic mass is 16.1. The first-order valence-corrected chi connectivity index (χ1v) is 4.06. The number of hydrogen-bond donors (Lipinski definition) is 1. The largest absolute Gasteiger partial charge is 0.370 e. The van der Waals surface area contributed by atoms with Gasteiger partial charge in [0.2, 0.25) is 5.91 Å². The Balaban J connectivity index is 3.36. The molecule has 64 valence electrons. The highest BCUT2D eigenvalue weighted by molar-refractivity contribution is 5.73. The average molecular weight is 155 g/mol. The zero-order chi connectivity index (χ0) is 8.69. The summed E-state index contributed by atoms with van der Waals surface area (Å²) in [6.07, 6.45) is 6.61. The van der Waals surface area contributed by atoms with E-state index in [2.05, 4.69) is 13.0 Å². The van der Waals surface area contributed by atoms with Crippen molar-refractivity contribution in [2.75, 3.05) is 0 Å². The summed E-state index contributed by atoms with van der Waals surface area (Å²) in [6.45, 7) is 4.13. The first-order valence-electron chi connectivity index (χ1n) is 4.06. The molecule has 0 heterocycles. The van der Waals surface area contributed by atoms with Crippen LogP contribution in [0.3, 0.4) is 0 Å². The summed E-state index contributed by atoms with van der Waals surface area (Å²) in [7, 11) is 0. The van der Waals surface area contributed by atoms with E-state index in [0.717, 1.165) is 12.8 Å². The van der Waals surface area contributed by atoms with E-state index in [0.29, 0.717) is 12.3 Å². The van der Waals surface area contributed by atoms with E-state index in [4.69, 9.17) is 5.73 Å². The zero-order valence-corrected chi connectivity index (χ0v) is 7.34. The van der Waals surface area contributed by atoms with Gasteiger partial charge in [-0.15, -0.1) is 0 Å². The minimum atomic E-state index is -0.197. The van der Waals surface area contributed by atoms with E-state index < -0.39 is 0 Å². The Kier molecular flexibility index (Phi) is 5.53. The Labute approximate surface area is 68.5 Å². The van der Waals surface area contributed by atoms with Crippen molar-refractivity contribution in [2.45, 2.75) is 33.1 Å². The maximum absolute atomic E-state index is 10.4. The molecule has 0 aromatic rings. The molecule has 0 aliphatic heterocycles. The fourth-order valence-electron chi connectivity index (χ4n) is 0.875. The van der Waals surface area contributed by atoms with Crippen molar-refractivity contribution in [3.63, 3.8) is 0 Å². The SMILES string of the molecule is CC=CCC(C)CCC(N)=O. The molecule has 1 atom stereocenters. The Morgan fingerprint density at radius 3 is 2.73 bits per heavy atom. The predicted molar refractivity (Wildman–Crippen MR) is 47.0 cm³/mol. The van der Waals surface area contributed by atoms with Gasteiger partial charge in [0.25, 0.3) is 0 Å². The van der Waals surface area contributed by atoms with Gasteiger partial charge in [-0.1, -0.05) is 19.1 Å². The number of rotatable bonds is 5. The van der Waals surface area contributed by atoms with Gasteiger partial charge in [-0.25, -0.2) is 0 Å². The number of carbonyl (C=O) groups excluding carboxylic acids is 1. The summed E-state index contributed by atoms with van der Waals surface area (Å²) in [5.41, 5.74) is 5.01. The van der Waals surface area contributed by atoms with Crippen LogP contribution in [0.25, 0.3) is 0 Å². The molecule has 2 heteroatoms. The minimum absolute atomic E-state index is 0.197. The second-order valence-corrected chi connectivity index (χ2v) is 2.91. The topological polar surface area (TPSA) is 43.1 Å². The lowest BCUT2D eigenvalue weighted by Crippen LogP contribution is -2.11. The summed E-state index contributed by atoms with van der Waals surface area (Å²) < 4.78 is 0. The van der Waals surface area contributed by atoms with Crippen molar-refractivity contribution in [2.24, 2.45) is 11.7 Å². The Morgan fingerprint density at radius 2 is 2.27 bits per heavy atom. The summed E-state index contributed by atoms with van der Waals surface area (Å²) in [6, 6.07) is 0. The summed E-state index contributed by atoms with van der Waals surface area (Å²) in [5.74, 6) is 0.371. The third-order valence-corrected chi connectivity index (χ3v) is 1.66. The lowest BCUT2D eigenvalue weighted by atomic mass is 10.0. The van der Waals surface area contributed by atoms with Crippen LogP contribution in [0.5, 0.6) is 0 Å². The van der Waals surface area contributed by atoms with Crippen molar-refractivity contribution in [3.05, 3.63) is 12.2 Å². The van der Waals surface area contributed by atoms with Gasteiger partial charge < -0.3 is 5.73 Å². The van der Waals surface area contributed by atoms with Crippen molar-refractivity contribution in [3.8, 4) is 0 Å².